The van der Waals surface area contributed by atoms with E-state index in [0.717, 1.165) is 12.8 Å². The van der Waals surface area contributed by atoms with Crippen LogP contribution in [0, 0.1) is 0 Å². The maximum absolute atomic E-state index is 12.2. The number of H-pyrrole nitrogens is 1. The van der Waals surface area contributed by atoms with E-state index in [-0.39, 0.29) is 12.5 Å². The van der Waals surface area contributed by atoms with Gasteiger partial charge in [-0.1, -0.05) is 0 Å². The summed E-state index contributed by atoms with van der Waals surface area (Å²) in [6.07, 6.45) is 5.81. The molecule has 0 saturated heterocycles. The summed E-state index contributed by atoms with van der Waals surface area (Å²) in [5.74, 6) is 0.0585. The van der Waals surface area contributed by atoms with Gasteiger partial charge < -0.3 is 15.0 Å². The number of carbonyl (C=O) groups is 1. The average Bonchev–Trinajstić information content (AvgIpc) is 2.73. The average molecular weight is 222 g/mol. The van der Waals surface area contributed by atoms with Gasteiger partial charge in [-0.3, -0.25) is 4.79 Å². The Morgan fingerprint density at radius 2 is 2.38 bits per heavy atom. The molecule has 0 bridgehead atoms. The molecule has 0 aliphatic heterocycles. The lowest BCUT2D eigenvalue weighted by molar-refractivity contribution is 0.0557. The van der Waals surface area contributed by atoms with Crippen LogP contribution in [0.3, 0.4) is 0 Å². The smallest absolute Gasteiger partial charge is 0.270 e. The molecule has 1 aliphatic carbocycles. The summed E-state index contributed by atoms with van der Waals surface area (Å²) < 4.78 is 0. The zero-order valence-corrected chi connectivity index (χ0v) is 9.35. The molecule has 1 fully saturated rings. The second-order valence-electron chi connectivity index (χ2n) is 4.24. The van der Waals surface area contributed by atoms with Crippen LogP contribution in [-0.2, 0) is 0 Å². The number of nitrogens with one attached hydrogen (secondary N) is 1. The first kappa shape index (κ1) is 11.2. The van der Waals surface area contributed by atoms with Gasteiger partial charge in [0.2, 0.25) is 0 Å². The van der Waals surface area contributed by atoms with Crippen molar-refractivity contribution in [3.63, 3.8) is 0 Å². The summed E-state index contributed by atoms with van der Waals surface area (Å²) in [5, 5.41) is 8.85. The van der Waals surface area contributed by atoms with Crippen molar-refractivity contribution in [3.05, 3.63) is 24.0 Å². The minimum absolute atomic E-state index is 0.0585. The third kappa shape index (κ3) is 2.27. The van der Waals surface area contributed by atoms with Crippen LogP contribution in [0.2, 0.25) is 0 Å². The normalized spacial score (nSPS) is 15.8. The lowest BCUT2D eigenvalue weighted by Gasteiger charge is -2.37. The van der Waals surface area contributed by atoms with E-state index < -0.39 is 0 Å². The van der Waals surface area contributed by atoms with Gasteiger partial charge >= 0.3 is 0 Å². The zero-order valence-electron chi connectivity index (χ0n) is 9.35. The molecular weight excluding hydrogens is 204 g/mol. The SMILES string of the molecule is O=C(c1ccc[nH]1)N(CCCO)C1CCC1. The lowest BCUT2D eigenvalue weighted by Crippen LogP contribution is -2.45. The highest BCUT2D eigenvalue weighted by Gasteiger charge is 2.29. The third-order valence-electron chi connectivity index (χ3n) is 3.16. The van der Waals surface area contributed by atoms with Crippen LogP contribution in [0.1, 0.15) is 36.2 Å². The molecule has 0 aromatic carbocycles. The first-order chi connectivity index (χ1) is 7.83. The molecule has 4 heteroatoms. The van der Waals surface area contributed by atoms with Gasteiger partial charge in [0.1, 0.15) is 5.69 Å². The number of aromatic nitrogens is 1. The van der Waals surface area contributed by atoms with Crippen molar-refractivity contribution >= 4 is 5.91 Å². The Morgan fingerprint density at radius 3 is 2.88 bits per heavy atom. The van der Waals surface area contributed by atoms with Gasteiger partial charge in [0.25, 0.3) is 5.91 Å². The number of amides is 1. The van der Waals surface area contributed by atoms with Gasteiger partial charge in [0.05, 0.1) is 0 Å². The molecule has 1 heterocycles. The molecule has 1 saturated carbocycles. The Bertz CT molecular complexity index is 331. The molecule has 4 nitrogen and oxygen atoms in total. The van der Waals surface area contributed by atoms with E-state index in [9.17, 15) is 4.79 Å². The van der Waals surface area contributed by atoms with Crippen LogP contribution in [0.25, 0.3) is 0 Å². The first-order valence-electron chi connectivity index (χ1n) is 5.88. The molecule has 1 aromatic rings. The molecule has 0 radical (unpaired) electrons. The van der Waals surface area contributed by atoms with Crippen molar-refractivity contribution < 1.29 is 9.90 Å². The first-order valence-corrected chi connectivity index (χ1v) is 5.88. The largest absolute Gasteiger partial charge is 0.396 e. The molecular formula is C12H18N2O2. The number of aliphatic hydroxyl groups is 1. The number of aromatic amines is 1. The molecule has 0 spiro atoms. The molecule has 1 aliphatic rings. The highest BCUT2D eigenvalue weighted by molar-refractivity contribution is 5.92. The second kappa shape index (κ2) is 5.16. The topological polar surface area (TPSA) is 56.3 Å². The van der Waals surface area contributed by atoms with Crippen LogP contribution in [0.5, 0.6) is 0 Å². The highest BCUT2D eigenvalue weighted by atomic mass is 16.3. The summed E-state index contributed by atoms with van der Waals surface area (Å²) in [7, 11) is 0. The molecule has 88 valence electrons. The Hall–Kier alpha value is -1.29. The van der Waals surface area contributed by atoms with E-state index in [1.165, 1.54) is 6.42 Å². The maximum atomic E-state index is 12.2. The van der Waals surface area contributed by atoms with Crippen molar-refractivity contribution in [3.8, 4) is 0 Å². The number of aliphatic hydroxyl groups excluding tert-OH is 1. The van der Waals surface area contributed by atoms with Crippen molar-refractivity contribution in [1.29, 1.82) is 0 Å². The summed E-state index contributed by atoms with van der Waals surface area (Å²) in [4.78, 5) is 17.0. The van der Waals surface area contributed by atoms with Crippen molar-refractivity contribution in [2.45, 2.75) is 31.7 Å². The number of carbonyl (C=O) groups excluding carboxylic acids is 1. The summed E-state index contributed by atoms with van der Waals surface area (Å²) >= 11 is 0. The molecule has 0 atom stereocenters. The Labute approximate surface area is 95.3 Å². The van der Waals surface area contributed by atoms with Crippen LogP contribution in [0.4, 0.5) is 0 Å². The molecule has 2 rings (SSSR count). The highest BCUT2D eigenvalue weighted by Crippen LogP contribution is 2.26. The second-order valence-corrected chi connectivity index (χ2v) is 4.24. The minimum Gasteiger partial charge on any atom is -0.396 e. The number of nitrogens with zero attached hydrogens (tertiary/aromatic N) is 1. The van der Waals surface area contributed by atoms with E-state index >= 15 is 0 Å². The van der Waals surface area contributed by atoms with E-state index in [1.54, 1.807) is 12.3 Å². The van der Waals surface area contributed by atoms with Gasteiger partial charge in [0.15, 0.2) is 0 Å². The van der Waals surface area contributed by atoms with Crippen molar-refractivity contribution in [1.82, 2.24) is 9.88 Å². The van der Waals surface area contributed by atoms with E-state index in [2.05, 4.69) is 4.98 Å². The maximum Gasteiger partial charge on any atom is 0.270 e. The van der Waals surface area contributed by atoms with Crippen LogP contribution in [0.15, 0.2) is 18.3 Å². The number of hydrogen-bond donors (Lipinski definition) is 2. The van der Waals surface area contributed by atoms with E-state index in [4.69, 9.17) is 5.11 Å². The lowest BCUT2D eigenvalue weighted by atomic mass is 9.91. The summed E-state index contributed by atoms with van der Waals surface area (Å²) in [6.45, 7) is 0.792. The van der Waals surface area contributed by atoms with Gasteiger partial charge in [-0.2, -0.15) is 0 Å². The van der Waals surface area contributed by atoms with Gasteiger partial charge in [-0.05, 0) is 37.8 Å². The zero-order chi connectivity index (χ0) is 11.4. The van der Waals surface area contributed by atoms with Gasteiger partial charge in [-0.15, -0.1) is 0 Å². The van der Waals surface area contributed by atoms with Crippen LogP contribution >= 0.6 is 0 Å². The van der Waals surface area contributed by atoms with Crippen molar-refractivity contribution in [2.75, 3.05) is 13.2 Å². The quantitative estimate of drug-likeness (QED) is 0.791. The predicted molar refractivity (Wildman–Crippen MR) is 61.2 cm³/mol. The van der Waals surface area contributed by atoms with E-state index in [1.807, 2.05) is 11.0 Å². The summed E-state index contributed by atoms with van der Waals surface area (Å²) in [6, 6.07) is 4.01. The standard InChI is InChI=1S/C12H18N2O2/c15-9-3-8-14(10-4-1-5-10)12(16)11-6-2-7-13-11/h2,6-7,10,13,15H,1,3-5,8-9H2. The molecule has 2 N–H and O–H groups in total. The van der Waals surface area contributed by atoms with Crippen LogP contribution in [-0.4, -0.2) is 40.1 Å². The predicted octanol–water partition coefficient (Wildman–Crippen LogP) is 1.39. The Morgan fingerprint density at radius 1 is 1.56 bits per heavy atom. The third-order valence-corrected chi connectivity index (χ3v) is 3.16. The minimum atomic E-state index is 0.0585. The van der Waals surface area contributed by atoms with Crippen LogP contribution < -0.4 is 0 Å². The van der Waals surface area contributed by atoms with E-state index in [0.29, 0.717) is 24.7 Å². The van der Waals surface area contributed by atoms with Gasteiger partial charge in [0, 0.05) is 25.4 Å². The monoisotopic (exact) mass is 222 g/mol. The molecule has 0 unspecified atom stereocenters. The molecule has 1 amide bonds. The fourth-order valence-corrected chi connectivity index (χ4v) is 2.01. The Balaban J connectivity index is 2.02. The van der Waals surface area contributed by atoms with Gasteiger partial charge in [-0.25, -0.2) is 0 Å². The fourth-order valence-electron chi connectivity index (χ4n) is 2.01. The molecule has 16 heavy (non-hydrogen) atoms. The number of rotatable bonds is 5. The Kier molecular flexibility index (Phi) is 3.62. The molecule has 1 aromatic heterocycles. The van der Waals surface area contributed by atoms with Crippen molar-refractivity contribution in [2.24, 2.45) is 0 Å². The number of hydrogen-bond acceptors (Lipinski definition) is 2. The summed E-state index contributed by atoms with van der Waals surface area (Å²) in [5.41, 5.74) is 0.643. The fraction of sp³-hybridized carbons (Fsp3) is 0.583.